The Morgan fingerprint density at radius 1 is 1.18 bits per heavy atom. The number of hydrogen-bond acceptors (Lipinski definition) is 2. The van der Waals surface area contributed by atoms with E-state index in [1.807, 2.05) is 24.4 Å². The molecule has 0 unspecified atom stereocenters. The Hall–Kier alpha value is -2.16. The van der Waals surface area contributed by atoms with Crippen LogP contribution in [0.4, 0.5) is 0 Å². The zero-order valence-electron chi connectivity index (χ0n) is 13.0. The van der Waals surface area contributed by atoms with Crippen LogP contribution in [0.1, 0.15) is 44.2 Å². The summed E-state index contributed by atoms with van der Waals surface area (Å²) in [4.78, 5) is 16.4. The lowest BCUT2D eigenvalue weighted by atomic mass is 10.0. The Balaban J connectivity index is 1.72. The van der Waals surface area contributed by atoms with Gasteiger partial charge in [-0.05, 0) is 48.6 Å². The number of rotatable bonds is 4. The molecule has 3 heteroatoms. The van der Waals surface area contributed by atoms with Crippen LogP contribution in [0.5, 0.6) is 0 Å². The van der Waals surface area contributed by atoms with Gasteiger partial charge in [0, 0.05) is 18.3 Å². The van der Waals surface area contributed by atoms with Crippen LogP contribution >= 0.6 is 0 Å². The summed E-state index contributed by atoms with van der Waals surface area (Å²) in [5.74, 6) is 0.417. The first-order chi connectivity index (χ1) is 10.7. The maximum Gasteiger partial charge on any atom is 0.223 e. The molecule has 1 fully saturated rings. The molecule has 3 rings (SSSR count). The molecular weight excluding hydrogens is 272 g/mol. The van der Waals surface area contributed by atoms with Crippen LogP contribution < -0.4 is 5.32 Å². The van der Waals surface area contributed by atoms with Crippen LogP contribution in [-0.4, -0.2) is 10.9 Å². The molecule has 1 heterocycles. The van der Waals surface area contributed by atoms with Crippen LogP contribution in [0.15, 0.2) is 48.8 Å². The highest BCUT2D eigenvalue weighted by Gasteiger charge is 2.23. The quantitative estimate of drug-likeness (QED) is 0.921. The van der Waals surface area contributed by atoms with Gasteiger partial charge in [-0.3, -0.25) is 9.78 Å². The highest BCUT2D eigenvalue weighted by Crippen LogP contribution is 2.26. The fourth-order valence-electron chi connectivity index (χ4n) is 3.12. The van der Waals surface area contributed by atoms with Crippen molar-refractivity contribution in [3.63, 3.8) is 0 Å². The number of nitrogens with zero attached hydrogens (tertiary/aromatic N) is 1. The molecule has 0 radical (unpaired) electrons. The molecule has 1 N–H and O–H groups in total. The lowest BCUT2D eigenvalue weighted by Gasteiger charge is -2.18. The van der Waals surface area contributed by atoms with Crippen molar-refractivity contribution in [2.45, 2.75) is 38.6 Å². The number of benzene rings is 1. The van der Waals surface area contributed by atoms with Crippen LogP contribution in [0.3, 0.4) is 0 Å². The van der Waals surface area contributed by atoms with Crippen molar-refractivity contribution < 1.29 is 4.79 Å². The van der Waals surface area contributed by atoms with E-state index in [9.17, 15) is 4.79 Å². The minimum absolute atomic E-state index is 0.0321. The van der Waals surface area contributed by atoms with Gasteiger partial charge in [0.1, 0.15) is 0 Å². The van der Waals surface area contributed by atoms with Gasteiger partial charge in [-0.2, -0.15) is 0 Å². The minimum Gasteiger partial charge on any atom is -0.349 e. The molecule has 1 aromatic heterocycles. The Kier molecular flexibility index (Phi) is 4.52. The van der Waals surface area contributed by atoms with E-state index in [-0.39, 0.29) is 17.9 Å². The summed E-state index contributed by atoms with van der Waals surface area (Å²) in [5, 5.41) is 3.16. The molecule has 1 aliphatic rings. The largest absolute Gasteiger partial charge is 0.349 e. The molecule has 3 nitrogen and oxygen atoms in total. The lowest BCUT2D eigenvalue weighted by molar-refractivity contribution is -0.125. The SMILES string of the molecule is C[C@H](NC(=O)C1CCCC1)c1cccc(-c2cccnc2)c1. The molecule has 1 amide bonds. The monoisotopic (exact) mass is 294 g/mol. The molecule has 1 atom stereocenters. The van der Waals surface area contributed by atoms with Gasteiger partial charge < -0.3 is 5.32 Å². The van der Waals surface area contributed by atoms with E-state index in [1.54, 1.807) is 6.20 Å². The highest BCUT2D eigenvalue weighted by molar-refractivity contribution is 5.79. The zero-order chi connectivity index (χ0) is 15.4. The second-order valence-corrected chi connectivity index (χ2v) is 6.08. The highest BCUT2D eigenvalue weighted by atomic mass is 16.1. The van der Waals surface area contributed by atoms with Crippen molar-refractivity contribution in [2.24, 2.45) is 5.92 Å². The van der Waals surface area contributed by atoms with Gasteiger partial charge in [0.05, 0.1) is 6.04 Å². The van der Waals surface area contributed by atoms with Gasteiger partial charge >= 0.3 is 0 Å². The molecule has 2 aromatic rings. The fourth-order valence-corrected chi connectivity index (χ4v) is 3.12. The third kappa shape index (κ3) is 3.35. The van der Waals surface area contributed by atoms with E-state index in [0.717, 1.165) is 29.5 Å². The van der Waals surface area contributed by atoms with E-state index in [2.05, 4.69) is 35.4 Å². The number of carbonyl (C=O) groups is 1. The van der Waals surface area contributed by atoms with Gasteiger partial charge in [-0.15, -0.1) is 0 Å². The Bertz CT molecular complexity index is 633. The topological polar surface area (TPSA) is 42.0 Å². The summed E-state index contributed by atoms with van der Waals surface area (Å²) in [6.45, 7) is 2.05. The first-order valence-corrected chi connectivity index (χ1v) is 8.05. The van der Waals surface area contributed by atoms with E-state index in [0.29, 0.717) is 0 Å². The zero-order valence-corrected chi connectivity index (χ0v) is 13.0. The van der Waals surface area contributed by atoms with Crippen molar-refractivity contribution >= 4 is 5.91 Å². The molecule has 0 saturated heterocycles. The van der Waals surface area contributed by atoms with E-state index in [4.69, 9.17) is 0 Å². The summed E-state index contributed by atoms with van der Waals surface area (Å²) >= 11 is 0. The summed E-state index contributed by atoms with van der Waals surface area (Å²) in [6.07, 6.45) is 8.08. The first-order valence-electron chi connectivity index (χ1n) is 8.05. The number of aromatic nitrogens is 1. The number of carbonyl (C=O) groups excluding carboxylic acids is 1. The molecule has 1 saturated carbocycles. The molecule has 0 bridgehead atoms. The predicted molar refractivity (Wildman–Crippen MR) is 88.2 cm³/mol. The predicted octanol–water partition coefficient (Wildman–Crippen LogP) is 4.12. The normalized spacial score (nSPS) is 16.4. The third-order valence-corrected chi connectivity index (χ3v) is 4.47. The van der Waals surface area contributed by atoms with E-state index >= 15 is 0 Å². The molecule has 0 aliphatic heterocycles. The van der Waals surface area contributed by atoms with Crippen molar-refractivity contribution in [3.8, 4) is 11.1 Å². The maximum atomic E-state index is 12.3. The summed E-state index contributed by atoms with van der Waals surface area (Å²) in [7, 11) is 0. The second kappa shape index (κ2) is 6.73. The summed E-state index contributed by atoms with van der Waals surface area (Å²) < 4.78 is 0. The number of hydrogen-bond donors (Lipinski definition) is 1. The minimum atomic E-state index is 0.0321. The van der Waals surface area contributed by atoms with Crippen LogP contribution in [0, 0.1) is 5.92 Å². The van der Waals surface area contributed by atoms with Gasteiger partial charge in [0.25, 0.3) is 0 Å². The number of amides is 1. The van der Waals surface area contributed by atoms with Crippen LogP contribution in [0.2, 0.25) is 0 Å². The molecule has 0 spiro atoms. The van der Waals surface area contributed by atoms with Gasteiger partial charge in [0.2, 0.25) is 5.91 Å². The van der Waals surface area contributed by atoms with Gasteiger partial charge in [-0.25, -0.2) is 0 Å². The van der Waals surface area contributed by atoms with Gasteiger partial charge in [0.15, 0.2) is 0 Å². The lowest BCUT2D eigenvalue weighted by Crippen LogP contribution is -2.31. The molecule has 22 heavy (non-hydrogen) atoms. The van der Waals surface area contributed by atoms with Crippen molar-refractivity contribution in [1.82, 2.24) is 10.3 Å². The third-order valence-electron chi connectivity index (χ3n) is 4.47. The number of pyridine rings is 1. The molecule has 1 aliphatic carbocycles. The second-order valence-electron chi connectivity index (χ2n) is 6.08. The van der Waals surface area contributed by atoms with Crippen molar-refractivity contribution in [2.75, 3.05) is 0 Å². The fraction of sp³-hybridized carbons (Fsp3) is 0.368. The van der Waals surface area contributed by atoms with Crippen molar-refractivity contribution in [3.05, 3.63) is 54.4 Å². The molecular formula is C19H22N2O. The van der Waals surface area contributed by atoms with Crippen LogP contribution in [-0.2, 0) is 4.79 Å². The average molecular weight is 294 g/mol. The summed E-state index contributed by atoms with van der Waals surface area (Å²) in [6, 6.07) is 12.3. The first kappa shape index (κ1) is 14.8. The smallest absolute Gasteiger partial charge is 0.223 e. The standard InChI is InChI=1S/C19H22N2O/c1-14(21-19(22)15-6-2-3-7-15)16-8-4-9-17(12-16)18-10-5-11-20-13-18/h4-5,8-15H,2-3,6-7H2,1H3,(H,21,22)/t14-/m0/s1. The van der Waals surface area contributed by atoms with Crippen molar-refractivity contribution in [1.29, 1.82) is 0 Å². The average Bonchev–Trinajstić information content (AvgIpc) is 3.10. The van der Waals surface area contributed by atoms with E-state index < -0.39 is 0 Å². The molecule has 1 aromatic carbocycles. The maximum absolute atomic E-state index is 12.3. The van der Waals surface area contributed by atoms with E-state index in [1.165, 1.54) is 12.8 Å². The number of nitrogens with one attached hydrogen (secondary N) is 1. The van der Waals surface area contributed by atoms with Gasteiger partial charge in [-0.1, -0.05) is 37.1 Å². The Morgan fingerprint density at radius 3 is 2.68 bits per heavy atom. The summed E-state index contributed by atoms with van der Waals surface area (Å²) in [5.41, 5.74) is 3.36. The van der Waals surface area contributed by atoms with Crippen LogP contribution in [0.25, 0.3) is 11.1 Å². The Labute approximate surface area is 131 Å². The Morgan fingerprint density at radius 2 is 1.95 bits per heavy atom. The molecule has 114 valence electrons.